The minimum atomic E-state index is -3.90. The molecule has 3 aromatic carbocycles. The third-order valence-corrected chi connectivity index (χ3v) is 6.28. The molecule has 0 radical (unpaired) electrons. The van der Waals surface area contributed by atoms with Gasteiger partial charge in [0.1, 0.15) is 19.0 Å². The third kappa shape index (κ3) is 6.01. The van der Waals surface area contributed by atoms with Gasteiger partial charge >= 0.3 is 5.97 Å². The van der Waals surface area contributed by atoms with E-state index in [2.05, 4.69) is 10.0 Å². The van der Waals surface area contributed by atoms with Crippen LogP contribution in [0.15, 0.2) is 71.6 Å². The number of carbonyl (C=O) groups is 2. The van der Waals surface area contributed by atoms with Crippen LogP contribution < -0.4 is 24.2 Å². The van der Waals surface area contributed by atoms with E-state index >= 15 is 0 Å². The molecule has 35 heavy (non-hydrogen) atoms. The summed E-state index contributed by atoms with van der Waals surface area (Å²) >= 11 is 0. The van der Waals surface area contributed by atoms with Crippen molar-refractivity contribution >= 4 is 33.3 Å². The van der Waals surface area contributed by atoms with Crippen molar-refractivity contribution in [1.82, 2.24) is 0 Å². The van der Waals surface area contributed by atoms with Crippen LogP contribution in [0, 0.1) is 0 Å². The van der Waals surface area contributed by atoms with Crippen LogP contribution in [0.4, 0.5) is 11.4 Å². The number of rotatable bonds is 8. The Hall–Kier alpha value is -4.25. The molecule has 3 aromatic rings. The number of nitrogens with one attached hydrogen (secondary N) is 2. The van der Waals surface area contributed by atoms with Crippen molar-refractivity contribution in [2.75, 3.05) is 37.0 Å². The molecule has 11 heteroatoms. The Bertz CT molecular complexity index is 1320. The van der Waals surface area contributed by atoms with Gasteiger partial charge in [0, 0.05) is 17.4 Å². The highest BCUT2D eigenvalue weighted by atomic mass is 32.2. The minimum absolute atomic E-state index is 0.00751. The molecule has 0 spiro atoms. The summed E-state index contributed by atoms with van der Waals surface area (Å²) in [7, 11) is -2.36. The number of anilines is 2. The van der Waals surface area contributed by atoms with Gasteiger partial charge in [0.2, 0.25) is 0 Å². The lowest BCUT2D eigenvalue weighted by Crippen LogP contribution is -2.21. The van der Waals surface area contributed by atoms with E-state index in [9.17, 15) is 18.0 Å². The highest BCUT2D eigenvalue weighted by Gasteiger charge is 2.20. The lowest BCUT2D eigenvalue weighted by molar-refractivity contribution is -0.119. The number of methoxy groups -OCH3 is 1. The van der Waals surface area contributed by atoms with Crippen LogP contribution in [0.1, 0.15) is 10.4 Å². The van der Waals surface area contributed by atoms with Gasteiger partial charge < -0.3 is 24.3 Å². The van der Waals surface area contributed by atoms with Crippen LogP contribution in [-0.2, 0) is 19.6 Å². The van der Waals surface area contributed by atoms with Gasteiger partial charge in [-0.1, -0.05) is 0 Å². The van der Waals surface area contributed by atoms with E-state index in [1.807, 2.05) is 0 Å². The second kappa shape index (κ2) is 10.3. The summed E-state index contributed by atoms with van der Waals surface area (Å²) in [6.45, 7) is 0.257. The number of hydrogen-bond acceptors (Lipinski definition) is 8. The number of fused-ring (bicyclic) bond motifs is 1. The lowest BCUT2D eigenvalue weighted by Gasteiger charge is -2.19. The van der Waals surface area contributed by atoms with Crippen molar-refractivity contribution in [3.63, 3.8) is 0 Å². The molecule has 1 amide bonds. The fourth-order valence-electron chi connectivity index (χ4n) is 3.17. The molecule has 1 aliphatic rings. The zero-order chi connectivity index (χ0) is 24.8. The van der Waals surface area contributed by atoms with Crippen molar-refractivity contribution in [2.24, 2.45) is 0 Å². The van der Waals surface area contributed by atoms with Crippen LogP contribution in [-0.4, -0.2) is 47.2 Å². The Kier molecular flexibility index (Phi) is 7.06. The van der Waals surface area contributed by atoms with Gasteiger partial charge in [-0.3, -0.25) is 9.52 Å². The predicted octanol–water partition coefficient (Wildman–Crippen LogP) is 3.06. The fourth-order valence-corrected chi connectivity index (χ4v) is 4.24. The molecular formula is C24H22N2O8S. The summed E-state index contributed by atoms with van der Waals surface area (Å²) in [4.78, 5) is 24.3. The van der Waals surface area contributed by atoms with Gasteiger partial charge in [0.25, 0.3) is 15.9 Å². The molecule has 0 bridgehead atoms. The van der Waals surface area contributed by atoms with Gasteiger partial charge in [-0.15, -0.1) is 0 Å². The summed E-state index contributed by atoms with van der Waals surface area (Å²) in [5.74, 6) is 0.249. The van der Waals surface area contributed by atoms with Gasteiger partial charge in [-0.25, -0.2) is 13.2 Å². The zero-order valence-electron chi connectivity index (χ0n) is 18.6. The molecule has 0 saturated heterocycles. The van der Waals surface area contributed by atoms with Crippen molar-refractivity contribution in [2.45, 2.75) is 4.90 Å². The number of sulfonamides is 1. The van der Waals surface area contributed by atoms with Crippen LogP contribution in [0.3, 0.4) is 0 Å². The Balaban J connectivity index is 1.32. The van der Waals surface area contributed by atoms with Gasteiger partial charge in [-0.05, 0) is 60.7 Å². The molecule has 2 N–H and O–H groups in total. The van der Waals surface area contributed by atoms with E-state index in [0.29, 0.717) is 36.1 Å². The first kappa shape index (κ1) is 23.9. The summed E-state index contributed by atoms with van der Waals surface area (Å²) < 4.78 is 48.8. The highest BCUT2D eigenvalue weighted by molar-refractivity contribution is 7.92. The molecule has 182 valence electrons. The first-order valence-corrected chi connectivity index (χ1v) is 12.0. The zero-order valence-corrected chi connectivity index (χ0v) is 19.5. The average molecular weight is 499 g/mol. The van der Waals surface area contributed by atoms with Crippen LogP contribution in [0.2, 0.25) is 0 Å². The normalized spacial score (nSPS) is 12.4. The number of hydrogen-bond donors (Lipinski definition) is 2. The van der Waals surface area contributed by atoms with Crippen molar-refractivity contribution < 1.29 is 37.0 Å². The van der Waals surface area contributed by atoms with E-state index in [-0.39, 0.29) is 16.1 Å². The van der Waals surface area contributed by atoms with Crippen LogP contribution in [0.5, 0.6) is 17.2 Å². The first-order chi connectivity index (χ1) is 16.8. The number of carbonyl (C=O) groups excluding carboxylic acids is 2. The van der Waals surface area contributed by atoms with E-state index in [4.69, 9.17) is 18.9 Å². The Labute approximate surface area is 201 Å². The Morgan fingerprint density at radius 2 is 1.54 bits per heavy atom. The maximum atomic E-state index is 12.7. The second-order valence-electron chi connectivity index (χ2n) is 7.34. The van der Waals surface area contributed by atoms with Crippen molar-refractivity contribution in [1.29, 1.82) is 0 Å². The van der Waals surface area contributed by atoms with E-state index < -0.39 is 28.5 Å². The molecule has 0 saturated carbocycles. The molecule has 0 atom stereocenters. The predicted molar refractivity (Wildman–Crippen MR) is 127 cm³/mol. The summed E-state index contributed by atoms with van der Waals surface area (Å²) in [5.41, 5.74) is 0.930. The highest BCUT2D eigenvalue weighted by Crippen LogP contribution is 2.32. The van der Waals surface area contributed by atoms with E-state index in [1.54, 1.807) is 24.3 Å². The maximum absolute atomic E-state index is 12.7. The standard InChI is InChI=1S/C24H22N2O8S/c1-31-19-8-6-17(7-9-19)25-23(27)15-34-24(28)16-2-4-18(5-3-16)26-35(29,30)20-10-11-21-22(14-20)33-13-12-32-21/h2-11,14,26H,12-13,15H2,1H3,(H,25,27). The number of amides is 1. The molecule has 0 fully saturated rings. The van der Waals surface area contributed by atoms with Gasteiger partial charge in [-0.2, -0.15) is 0 Å². The van der Waals surface area contributed by atoms with Crippen LogP contribution >= 0.6 is 0 Å². The largest absolute Gasteiger partial charge is 0.497 e. The SMILES string of the molecule is COc1ccc(NC(=O)COC(=O)c2ccc(NS(=O)(=O)c3ccc4c(c3)OCCO4)cc2)cc1. The molecular weight excluding hydrogens is 476 g/mol. The minimum Gasteiger partial charge on any atom is -0.497 e. The molecule has 1 aliphatic heterocycles. The molecule has 4 rings (SSSR count). The molecule has 0 aliphatic carbocycles. The monoisotopic (exact) mass is 498 g/mol. The Morgan fingerprint density at radius 1 is 0.886 bits per heavy atom. The molecule has 1 heterocycles. The maximum Gasteiger partial charge on any atom is 0.338 e. The van der Waals surface area contributed by atoms with Gasteiger partial charge in [0.05, 0.1) is 17.6 Å². The molecule has 0 aromatic heterocycles. The number of ether oxygens (including phenoxy) is 4. The van der Waals surface area contributed by atoms with Crippen molar-refractivity contribution in [3.8, 4) is 17.2 Å². The first-order valence-electron chi connectivity index (χ1n) is 10.5. The van der Waals surface area contributed by atoms with Gasteiger partial charge in [0.15, 0.2) is 18.1 Å². The summed E-state index contributed by atoms with van der Waals surface area (Å²) in [6, 6.07) is 16.7. The summed E-state index contributed by atoms with van der Waals surface area (Å²) in [6.07, 6.45) is 0. The van der Waals surface area contributed by atoms with E-state index in [1.165, 1.54) is 49.6 Å². The lowest BCUT2D eigenvalue weighted by atomic mass is 10.2. The quantitative estimate of drug-likeness (QED) is 0.454. The number of benzene rings is 3. The topological polar surface area (TPSA) is 129 Å². The fraction of sp³-hybridized carbons (Fsp3) is 0.167. The summed E-state index contributed by atoms with van der Waals surface area (Å²) in [5, 5.41) is 2.60. The second-order valence-corrected chi connectivity index (χ2v) is 9.02. The Morgan fingerprint density at radius 3 is 2.23 bits per heavy atom. The third-order valence-electron chi connectivity index (χ3n) is 4.90. The van der Waals surface area contributed by atoms with Crippen molar-refractivity contribution in [3.05, 3.63) is 72.3 Å². The van der Waals surface area contributed by atoms with E-state index in [0.717, 1.165) is 0 Å². The number of esters is 1. The average Bonchev–Trinajstić information content (AvgIpc) is 2.87. The van der Waals surface area contributed by atoms with Crippen LogP contribution in [0.25, 0.3) is 0 Å². The molecule has 10 nitrogen and oxygen atoms in total. The molecule has 0 unspecified atom stereocenters. The smallest absolute Gasteiger partial charge is 0.338 e.